The molecule has 0 saturated heterocycles. The van der Waals surface area contributed by atoms with Crippen LogP contribution in [0.5, 0.6) is 5.75 Å². The molecule has 0 aromatic heterocycles. The molecule has 0 N–H and O–H groups in total. The number of carbonyl (C=O) groups excluding carboxylic acids is 2. The number of carbonyl (C=O) groups is 2. The predicted molar refractivity (Wildman–Crippen MR) is 68.5 cm³/mol. The molecule has 0 aliphatic heterocycles. The fourth-order valence-electron chi connectivity index (χ4n) is 1.04. The van der Waals surface area contributed by atoms with Gasteiger partial charge in [0.2, 0.25) is 0 Å². The monoisotopic (exact) mass is 234 g/mol. The third-order valence-electron chi connectivity index (χ3n) is 1.84. The number of rotatable bonds is 4. The molecule has 0 atom stereocenters. The maximum atomic E-state index is 11.5. The van der Waals surface area contributed by atoms with E-state index in [2.05, 4.69) is 0 Å². The van der Waals surface area contributed by atoms with E-state index in [1.165, 1.54) is 19.1 Å². The molecule has 0 spiro atoms. The van der Waals surface area contributed by atoms with Crippen LogP contribution in [0.4, 0.5) is 0 Å². The van der Waals surface area contributed by atoms with Gasteiger partial charge in [0.1, 0.15) is 5.75 Å². The normalized spacial score (nSPS) is 9.41. The number of benzene rings is 1. The summed E-state index contributed by atoms with van der Waals surface area (Å²) in [4.78, 5) is 22.1. The lowest BCUT2D eigenvalue weighted by atomic mass is 10.1. The van der Waals surface area contributed by atoms with Crippen LogP contribution in [0, 0.1) is 0 Å². The van der Waals surface area contributed by atoms with Crippen LogP contribution in [0.25, 0.3) is 0 Å². The summed E-state index contributed by atoms with van der Waals surface area (Å²) in [6.07, 6.45) is 2.52. The highest BCUT2D eigenvalue weighted by atomic mass is 16.5. The van der Waals surface area contributed by atoms with Gasteiger partial charge in [0.15, 0.2) is 11.6 Å². The minimum atomic E-state index is -0.187. The lowest BCUT2D eigenvalue weighted by Crippen LogP contribution is -1.95. The number of hydrogen-bond donors (Lipinski definition) is 0. The molecule has 3 nitrogen and oxygen atoms in total. The summed E-state index contributed by atoms with van der Waals surface area (Å²) in [5.74, 6) is 0.367. The average molecular weight is 234 g/mol. The van der Waals surface area contributed by atoms with Crippen LogP contribution in [0.2, 0.25) is 0 Å². The second kappa shape index (κ2) is 8.28. The zero-order chi connectivity index (χ0) is 13.3. The quantitative estimate of drug-likeness (QED) is 0.594. The SMILES string of the molecule is CC.COc1ccc(C(=O)/C=C/C(C)=O)cc1. The summed E-state index contributed by atoms with van der Waals surface area (Å²) >= 11 is 0. The zero-order valence-electron chi connectivity index (χ0n) is 10.7. The average Bonchev–Trinajstić information content (AvgIpc) is 2.38. The number of allylic oxidation sites excluding steroid dienone is 2. The Bertz CT molecular complexity index is 388. The molecule has 1 rings (SSSR count). The molecular weight excluding hydrogens is 216 g/mol. The molecule has 3 heteroatoms. The Hall–Kier alpha value is -1.90. The van der Waals surface area contributed by atoms with Gasteiger partial charge in [-0.25, -0.2) is 0 Å². The first kappa shape index (κ1) is 15.1. The Kier molecular flexibility index (Phi) is 7.35. The Morgan fingerprint density at radius 2 is 1.59 bits per heavy atom. The van der Waals surface area contributed by atoms with E-state index < -0.39 is 0 Å². The molecule has 0 heterocycles. The Balaban J connectivity index is 0.00000121. The van der Waals surface area contributed by atoms with E-state index in [4.69, 9.17) is 4.74 Å². The highest BCUT2D eigenvalue weighted by Crippen LogP contribution is 2.11. The molecule has 0 unspecified atom stereocenters. The van der Waals surface area contributed by atoms with Crippen LogP contribution in [0.15, 0.2) is 36.4 Å². The van der Waals surface area contributed by atoms with Gasteiger partial charge in [0.05, 0.1) is 7.11 Å². The Morgan fingerprint density at radius 1 is 1.06 bits per heavy atom. The van der Waals surface area contributed by atoms with Gasteiger partial charge in [0.25, 0.3) is 0 Å². The maximum Gasteiger partial charge on any atom is 0.185 e. The lowest BCUT2D eigenvalue weighted by molar-refractivity contribution is -0.112. The summed E-state index contributed by atoms with van der Waals surface area (Å²) < 4.78 is 4.96. The van der Waals surface area contributed by atoms with E-state index in [0.29, 0.717) is 11.3 Å². The predicted octanol–water partition coefficient (Wildman–Crippen LogP) is 3.05. The van der Waals surface area contributed by atoms with Crippen LogP contribution >= 0.6 is 0 Å². The molecule has 0 bridgehead atoms. The molecule has 1 aromatic rings. The van der Waals surface area contributed by atoms with Gasteiger partial charge in [0, 0.05) is 5.56 Å². The summed E-state index contributed by atoms with van der Waals surface area (Å²) in [6, 6.07) is 6.72. The summed E-state index contributed by atoms with van der Waals surface area (Å²) in [5, 5.41) is 0. The molecule has 1 aromatic carbocycles. The van der Waals surface area contributed by atoms with Crippen molar-refractivity contribution in [3.8, 4) is 5.75 Å². The second-order valence-electron chi connectivity index (χ2n) is 3.04. The topological polar surface area (TPSA) is 43.4 Å². The highest BCUT2D eigenvalue weighted by molar-refractivity contribution is 6.07. The van der Waals surface area contributed by atoms with Gasteiger partial charge in [-0.1, -0.05) is 13.8 Å². The smallest absolute Gasteiger partial charge is 0.185 e. The van der Waals surface area contributed by atoms with Crippen molar-refractivity contribution in [3.05, 3.63) is 42.0 Å². The van der Waals surface area contributed by atoms with Gasteiger partial charge < -0.3 is 4.74 Å². The first-order chi connectivity index (χ1) is 8.13. The molecule has 0 aliphatic rings. The largest absolute Gasteiger partial charge is 0.497 e. The molecule has 0 amide bonds. The molecule has 0 aliphatic carbocycles. The first-order valence-electron chi connectivity index (χ1n) is 5.50. The van der Waals surface area contributed by atoms with Crippen molar-refractivity contribution in [3.63, 3.8) is 0 Å². The molecule has 0 fully saturated rings. The third-order valence-corrected chi connectivity index (χ3v) is 1.84. The van der Waals surface area contributed by atoms with E-state index in [9.17, 15) is 9.59 Å². The van der Waals surface area contributed by atoms with E-state index >= 15 is 0 Å². The van der Waals surface area contributed by atoms with Crippen molar-refractivity contribution < 1.29 is 14.3 Å². The number of methoxy groups -OCH3 is 1. The number of ether oxygens (including phenoxy) is 1. The van der Waals surface area contributed by atoms with Gasteiger partial charge in [-0.3, -0.25) is 9.59 Å². The fourth-order valence-corrected chi connectivity index (χ4v) is 1.04. The maximum absolute atomic E-state index is 11.5. The molecule has 17 heavy (non-hydrogen) atoms. The van der Waals surface area contributed by atoms with Crippen LogP contribution < -0.4 is 4.74 Å². The van der Waals surface area contributed by atoms with Gasteiger partial charge in [-0.05, 0) is 43.3 Å². The van der Waals surface area contributed by atoms with Crippen LogP contribution in [0.1, 0.15) is 31.1 Å². The van der Waals surface area contributed by atoms with Crippen molar-refractivity contribution in [1.29, 1.82) is 0 Å². The summed E-state index contributed by atoms with van der Waals surface area (Å²) in [7, 11) is 1.56. The highest BCUT2D eigenvalue weighted by Gasteiger charge is 2.01. The van der Waals surface area contributed by atoms with Crippen molar-refractivity contribution in [1.82, 2.24) is 0 Å². The van der Waals surface area contributed by atoms with Gasteiger partial charge >= 0.3 is 0 Å². The van der Waals surface area contributed by atoms with Crippen LogP contribution in [0.3, 0.4) is 0 Å². The molecule has 0 saturated carbocycles. The summed E-state index contributed by atoms with van der Waals surface area (Å²) in [5.41, 5.74) is 0.535. The minimum absolute atomic E-state index is 0.142. The Labute approximate surface area is 102 Å². The standard InChI is InChI=1S/C12H12O3.C2H6/c1-9(13)3-8-12(14)10-4-6-11(15-2)7-5-10;1-2/h3-8H,1-2H3;1-2H3/b8-3+;. The molecular formula is C14H18O3. The minimum Gasteiger partial charge on any atom is -0.497 e. The van der Waals surface area contributed by atoms with Crippen LogP contribution in [-0.2, 0) is 4.79 Å². The van der Waals surface area contributed by atoms with E-state index in [1.54, 1.807) is 31.4 Å². The van der Waals surface area contributed by atoms with Crippen molar-refractivity contribution >= 4 is 11.6 Å². The van der Waals surface area contributed by atoms with Crippen molar-refractivity contribution in [2.45, 2.75) is 20.8 Å². The number of ketones is 2. The lowest BCUT2D eigenvalue weighted by Gasteiger charge is -1.99. The molecule has 92 valence electrons. The van der Waals surface area contributed by atoms with Crippen molar-refractivity contribution in [2.75, 3.05) is 7.11 Å². The van der Waals surface area contributed by atoms with E-state index in [-0.39, 0.29) is 11.6 Å². The number of hydrogen-bond acceptors (Lipinski definition) is 3. The third kappa shape index (κ3) is 5.66. The zero-order valence-corrected chi connectivity index (χ0v) is 10.7. The fraction of sp³-hybridized carbons (Fsp3) is 0.286. The van der Waals surface area contributed by atoms with Gasteiger partial charge in [-0.2, -0.15) is 0 Å². The van der Waals surface area contributed by atoms with Crippen molar-refractivity contribution in [2.24, 2.45) is 0 Å². The second-order valence-corrected chi connectivity index (χ2v) is 3.04. The summed E-state index contributed by atoms with van der Waals surface area (Å²) in [6.45, 7) is 5.40. The first-order valence-corrected chi connectivity index (χ1v) is 5.50. The molecule has 0 radical (unpaired) electrons. The Morgan fingerprint density at radius 3 is 2.00 bits per heavy atom. The van der Waals surface area contributed by atoms with Gasteiger partial charge in [-0.15, -0.1) is 0 Å². The van der Waals surface area contributed by atoms with E-state index in [0.717, 1.165) is 0 Å². The van der Waals surface area contributed by atoms with Crippen LogP contribution in [-0.4, -0.2) is 18.7 Å². The van der Waals surface area contributed by atoms with E-state index in [1.807, 2.05) is 13.8 Å².